The average Bonchev–Trinajstić information content (AvgIpc) is 2.48. The summed E-state index contributed by atoms with van der Waals surface area (Å²) in [6.07, 6.45) is 2.36. The highest BCUT2D eigenvalue weighted by Crippen LogP contribution is 2.19. The predicted molar refractivity (Wildman–Crippen MR) is 79.9 cm³/mol. The molecule has 0 amide bonds. The zero-order chi connectivity index (χ0) is 14.4. The number of aromatic nitrogens is 2. The van der Waals surface area contributed by atoms with Crippen LogP contribution in [0.4, 0.5) is 0 Å². The van der Waals surface area contributed by atoms with Gasteiger partial charge in [0.25, 0.3) is 0 Å². The van der Waals surface area contributed by atoms with Crippen molar-refractivity contribution in [2.75, 3.05) is 13.7 Å². The first-order chi connectivity index (χ1) is 9.72. The van der Waals surface area contributed by atoms with Gasteiger partial charge in [0.1, 0.15) is 6.33 Å². The predicted octanol–water partition coefficient (Wildman–Crippen LogP) is 2.69. The summed E-state index contributed by atoms with van der Waals surface area (Å²) in [5, 5.41) is 3.50. The van der Waals surface area contributed by atoms with Crippen LogP contribution in [0.1, 0.15) is 29.8 Å². The maximum atomic E-state index is 5.15. The Morgan fingerprint density at radius 2 is 1.95 bits per heavy atom. The molecule has 1 N–H and O–H groups in total. The van der Waals surface area contributed by atoms with Crippen molar-refractivity contribution in [3.63, 3.8) is 0 Å². The van der Waals surface area contributed by atoms with Crippen LogP contribution in [0.15, 0.2) is 36.7 Å². The molecule has 106 valence electrons. The van der Waals surface area contributed by atoms with Crippen molar-refractivity contribution in [1.29, 1.82) is 0 Å². The van der Waals surface area contributed by atoms with Gasteiger partial charge in [-0.05, 0) is 19.0 Å². The highest BCUT2D eigenvalue weighted by Gasteiger charge is 2.12. The first-order valence-corrected chi connectivity index (χ1v) is 6.87. The summed E-state index contributed by atoms with van der Waals surface area (Å²) in [5.41, 5.74) is 3.52. The van der Waals surface area contributed by atoms with E-state index in [1.807, 2.05) is 6.07 Å². The Hall–Kier alpha value is -1.94. The zero-order valence-electron chi connectivity index (χ0n) is 12.3. The summed E-state index contributed by atoms with van der Waals surface area (Å²) in [7, 11) is 1.62. The van der Waals surface area contributed by atoms with Crippen LogP contribution in [0.2, 0.25) is 0 Å². The van der Waals surface area contributed by atoms with Crippen molar-refractivity contribution >= 4 is 0 Å². The van der Waals surface area contributed by atoms with Gasteiger partial charge in [0.2, 0.25) is 5.88 Å². The topological polar surface area (TPSA) is 47.0 Å². The fourth-order valence-corrected chi connectivity index (χ4v) is 2.16. The number of likely N-dealkylation sites (N-methyl/N-ethyl adjacent to an activating group) is 1. The van der Waals surface area contributed by atoms with Crippen LogP contribution in [0.25, 0.3) is 0 Å². The van der Waals surface area contributed by atoms with Crippen molar-refractivity contribution in [1.82, 2.24) is 15.3 Å². The highest BCUT2D eigenvalue weighted by atomic mass is 16.5. The van der Waals surface area contributed by atoms with E-state index in [1.165, 1.54) is 11.1 Å². The van der Waals surface area contributed by atoms with E-state index in [4.69, 9.17) is 4.74 Å². The third-order valence-corrected chi connectivity index (χ3v) is 3.25. The standard InChI is InChI=1S/C16H21N3O/c1-4-17-15(13-7-5-12(2)6-8-13)9-14-10-16(20-3)19-11-18-14/h5-8,10-11,15,17H,4,9H2,1-3H3. The second kappa shape index (κ2) is 7.01. The number of nitrogens with one attached hydrogen (secondary N) is 1. The van der Waals surface area contributed by atoms with Gasteiger partial charge in [-0.2, -0.15) is 0 Å². The normalized spacial score (nSPS) is 12.2. The molecule has 0 aliphatic carbocycles. The molecule has 0 fully saturated rings. The number of hydrogen-bond donors (Lipinski definition) is 1. The third-order valence-electron chi connectivity index (χ3n) is 3.25. The second-order valence-corrected chi connectivity index (χ2v) is 4.78. The molecule has 4 heteroatoms. The summed E-state index contributed by atoms with van der Waals surface area (Å²) in [5.74, 6) is 0.606. The van der Waals surface area contributed by atoms with Crippen molar-refractivity contribution in [3.05, 3.63) is 53.5 Å². The van der Waals surface area contributed by atoms with Crippen molar-refractivity contribution in [3.8, 4) is 5.88 Å². The Morgan fingerprint density at radius 1 is 1.20 bits per heavy atom. The van der Waals surface area contributed by atoms with Crippen LogP contribution < -0.4 is 10.1 Å². The van der Waals surface area contributed by atoms with Gasteiger partial charge in [-0.3, -0.25) is 0 Å². The van der Waals surface area contributed by atoms with Crippen LogP contribution in [0.5, 0.6) is 5.88 Å². The fraction of sp³-hybridized carbons (Fsp3) is 0.375. The zero-order valence-corrected chi connectivity index (χ0v) is 12.3. The molecule has 0 spiro atoms. The third kappa shape index (κ3) is 3.78. The van der Waals surface area contributed by atoms with E-state index in [0.717, 1.165) is 18.7 Å². The van der Waals surface area contributed by atoms with Gasteiger partial charge in [0, 0.05) is 24.2 Å². The Morgan fingerprint density at radius 3 is 2.60 bits per heavy atom. The number of aryl methyl sites for hydroxylation is 1. The monoisotopic (exact) mass is 271 g/mol. The summed E-state index contributed by atoms with van der Waals surface area (Å²) >= 11 is 0. The molecule has 1 aromatic heterocycles. The molecule has 0 saturated carbocycles. The van der Waals surface area contributed by atoms with Crippen LogP contribution in [-0.4, -0.2) is 23.6 Å². The Kier molecular flexibility index (Phi) is 5.07. The molecule has 20 heavy (non-hydrogen) atoms. The number of rotatable bonds is 6. The highest BCUT2D eigenvalue weighted by molar-refractivity contribution is 5.26. The lowest BCUT2D eigenvalue weighted by atomic mass is 10.0. The smallest absolute Gasteiger partial charge is 0.216 e. The Bertz CT molecular complexity index is 540. The van der Waals surface area contributed by atoms with Crippen LogP contribution in [-0.2, 0) is 6.42 Å². The molecule has 0 aliphatic heterocycles. The largest absolute Gasteiger partial charge is 0.481 e. The van der Waals surface area contributed by atoms with Gasteiger partial charge in [-0.25, -0.2) is 9.97 Å². The second-order valence-electron chi connectivity index (χ2n) is 4.78. The van der Waals surface area contributed by atoms with E-state index in [0.29, 0.717) is 5.88 Å². The molecule has 2 rings (SSSR count). The minimum atomic E-state index is 0.250. The van der Waals surface area contributed by atoms with Gasteiger partial charge >= 0.3 is 0 Å². The molecule has 1 unspecified atom stereocenters. The minimum Gasteiger partial charge on any atom is -0.481 e. The molecule has 0 bridgehead atoms. The minimum absolute atomic E-state index is 0.250. The maximum absolute atomic E-state index is 5.15. The van der Waals surface area contributed by atoms with E-state index >= 15 is 0 Å². The Balaban J connectivity index is 2.18. The van der Waals surface area contributed by atoms with Gasteiger partial charge < -0.3 is 10.1 Å². The quantitative estimate of drug-likeness (QED) is 0.877. The van der Waals surface area contributed by atoms with E-state index in [-0.39, 0.29) is 6.04 Å². The van der Waals surface area contributed by atoms with E-state index in [1.54, 1.807) is 13.4 Å². The first kappa shape index (κ1) is 14.5. The number of methoxy groups -OCH3 is 1. The first-order valence-electron chi connectivity index (χ1n) is 6.87. The van der Waals surface area contributed by atoms with Gasteiger partial charge in [0.05, 0.1) is 7.11 Å². The number of hydrogen-bond acceptors (Lipinski definition) is 4. The van der Waals surface area contributed by atoms with Crippen LogP contribution in [0, 0.1) is 6.92 Å². The summed E-state index contributed by atoms with van der Waals surface area (Å²) in [6.45, 7) is 5.13. The van der Waals surface area contributed by atoms with Crippen molar-refractivity contribution < 1.29 is 4.74 Å². The van der Waals surface area contributed by atoms with E-state index < -0.39 is 0 Å². The molecule has 1 aromatic carbocycles. The number of nitrogens with zero attached hydrogens (tertiary/aromatic N) is 2. The summed E-state index contributed by atoms with van der Waals surface area (Å²) in [4.78, 5) is 8.36. The molecule has 2 aromatic rings. The average molecular weight is 271 g/mol. The van der Waals surface area contributed by atoms with E-state index in [9.17, 15) is 0 Å². The van der Waals surface area contributed by atoms with Gasteiger partial charge in [-0.1, -0.05) is 36.8 Å². The molecule has 1 heterocycles. The van der Waals surface area contributed by atoms with Crippen LogP contribution >= 0.6 is 0 Å². The molecule has 1 atom stereocenters. The summed E-state index contributed by atoms with van der Waals surface area (Å²) in [6, 6.07) is 10.8. The van der Waals surface area contributed by atoms with Crippen molar-refractivity contribution in [2.45, 2.75) is 26.3 Å². The molecule has 0 saturated heterocycles. The number of ether oxygens (including phenoxy) is 1. The van der Waals surface area contributed by atoms with Crippen LogP contribution in [0.3, 0.4) is 0 Å². The molecule has 4 nitrogen and oxygen atoms in total. The fourth-order valence-electron chi connectivity index (χ4n) is 2.16. The molecule has 0 aliphatic rings. The SMILES string of the molecule is CCNC(Cc1cc(OC)ncn1)c1ccc(C)cc1. The van der Waals surface area contributed by atoms with Gasteiger partial charge in [-0.15, -0.1) is 0 Å². The molecule has 0 radical (unpaired) electrons. The lowest BCUT2D eigenvalue weighted by Crippen LogP contribution is -2.23. The number of benzene rings is 1. The molecular weight excluding hydrogens is 250 g/mol. The lowest BCUT2D eigenvalue weighted by molar-refractivity contribution is 0.395. The summed E-state index contributed by atoms with van der Waals surface area (Å²) < 4.78 is 5.15. The van der Waals surface area contributed by atoms with E-state index in [2.05, 4.69) is 53.4 Å². The lowest BCUT2D eigenvalue weighted by Gasteiger charge is -2.18. The molecular formula is C16H21N3O. The van der Waals surface area contributed by atoms with Crippen molar-refractivity contribution in [2.24, 2.45) is 0 Å². The maximum Gasteiger partial charge on any atom is 0.216 e. The van der Waals surface area contributed by atoms with Gasteiger partial charge in [0.15, 0.2) is 0 Å². The Labute approximate surface area is 120 Å².